The predicted molar refractivity (Wildman–Crippen MR) is 66.8 cm³/mol. The minimum Gasteiger partial charge on any atom is -0.493 e. The van der Waals surface area contributed by atoms with Crippen molar-refractivity contribution in [3.63, 3.8) is 0 Å². The van der Waals surface area contributed by atoms with Crippen LogP contribution in [-0.4, -0.2) is 12.6 Å². The van der Waals surface area contributed by atoms with Crippen molar-refractivity contribution in [1.82, 2.24) is 0 Å². The first-order chi connectivity index (χ1) is 7.68. The fraction of sp³-hybridized carbons (Fsp3) is 0.571. The second-order valence-electron chi connectivity index (χ2n) is 4.95. The second kappa shape index (κ2) is 4.88. The van der Waals surface area contributed by atoms with E-state index in [1.54, 1.807) is 0 Å². The maximum Gasteiger partial charge on any atom is 0.125 e. The highest BCUT2D eigenvalue weighted by Crippen LogP contribution is 2.30. The summed E-state index contributed by atoms with van der Waals surface area (Å²) in [6.45, 7) is 5.19. The molecule has 16 heavy (non-hydrogen) atoms. The van der Waals surface area contributed by atoms with Crippen LogP contribution in [0.25, 0.3) is 0 Å². The third-order valence-electron chi connectivity index (χ3n) is 3.40. The third kappa shape index (κ3) is 2.38. The largest absolute Gasteiger partial charge is 0.493 e. The quantitative estimate of drug-likeness (QED) is 0.844. The molecule has 0 amide bonds. The molecule has 1 unspecified atom stereocenters. The van der Waals surface area contributed by atoms with E-state index in [1.165, 1.54) is 11.1 Å². The highest BCUT2D eigenvalue weighted by atomic mass is 16.5. The van der Waals surface area contributed by atoms with Gasteiger partial charge in [-0.3, -0.25) is 0 Å². The molecule has 1 atom stereocenters. The number of nitrogens with two attached hydrogens (primary N) is 1. The van der Waals surface area contributed by atoms with Crippen LogP contribution in [0.2, 0.25) is 0 Å². The number of aryl methyl sites for hydroxylation is 1. The SMILES string of the molecule is CC(C)C(N)CCc1cccc2c1OCC2. The summed E-state index contributed by atoms with van der Waals surface area (Å²) in [5, 5.41) is 0. The molecule has 2 heteroatoms. The van der Waals surface area contributed by atoms with Crippen LogP contribution < -0.4 is 10.5 Å². The molecule has 1 aromatic carbocycles. The summed E-state index contributed by atoms with van der Waals surface area (Å²) in [7, 11) is 0. The number of hydrogen-bond donors (Lipinski definition) is 1. The Kier molecular flexibility index (Phi) is 3.49. The zero-order valence-corrected chi connectivity index (χ0v) is 10.2. The van der Waals surface area contributed by atoms with Crippen molar-refractivity contribution in [2.24, 2.45) is 11.7 Å². The molecule has 2 nitrogen and oxygen atoms in total. The second-order valence-corrected chi connectivity index (χ2v) is 4.95. The summed E-state index contributed by atoms with van der Waals surface area (Å²) in [6.07, 6.45) is 3.12. The lowest BCUT2D eigenvalue weighted by atomic mass is 9.96. The summed E-state index contributed by atoms with van der Waals surface area (Å²) < 4.78 is 5.68. The summed E-state index contributed by atoms with van der Waals surface area (Å²) in [4.78, 5) is 0. The van der Waals surface area contributed by atoms with E-state index >= 15 is 0 Å². The third-order valence-corrected chi connectivity index (χ3v) is 3.40. The lowest BCUT2D eigenvalue weighted by molar-refractivity contribution is 0.352. The molecule has 88 valence electrons. The molecule has 1 heterocycles. The van der Waals surface area contributed by atoms with E-state index in [1.807, 2.05) is 0 Å². The van der Waals surface area contributed by atoms with E-state index in [4.69, 9.17) is 10.5 Å². The maximum atomic E-state index is 6.07. The first-order valence-corrected chi connectivity index (χ1v) is 6.17. The molecule has 2 rings (SSSR count). The van der Waals surface area contributed by atoms with Gasteiger partial charge in [-0.1, -0.05) is 32.0 Å². The van der Waals surface area contributed by atoms with Gasteiger partial charge >= 0.3 is 0 Å². The number of benzene rings is 1. The average molecular weight is 219 g/mol. The van der Waals surface area contributed by atoms with Gasteiger partial charge in [-0.25, -0.2) is 0 Å². The fourth-order valence-corrected chi connectivity index (χ4v) is 2.14. The molecule has 2 N–H and O–H groups in total. The van der Waals surface area contributed by atoms with Gasteiger partial charge in [0, 0.05) is 12.5 Å². The van der Waals surface area contributed by atoms with Gasteiger partial charge in [0.15, 0.2) is 0 Å². The molecule has 1 aliphatic rings. The highest BCUT2D eigenvalue weighted by molar-refractivity contribution is 5.44. The van der Waals surface area contributed by atoms with E-state index in [0.717, 1.165) is 31.6 Å². The van der Waals surface area contributed by atoms with Crippen LogP contribution in [0.4, 0.5) is 0 Å². The van der Waals surface area contributed by atoms with Crippen LogP contribution in [0.5, 0.6) is 5.75 Å². The van der Waals surface area contributed by atoms with Crippen LogP contribution >= 0.6 is 0 Å². The van der Waals surface area contributed by atoms with Gasteiger partial charge in [0.25, 0.3) is 0 Å². The lowest BCUT2D eigenvalue weighted by Gasteiger charge is -2.16. The molecule has 1 aliphatic heterocycles. The zero-order chi connectivity index (χ0) is 11.5. The zero-order valence-electron chi connectivity index (χ0n) is 10.2. The fourth-order valence-electron chi connectivity index (χ4n) is 2.14. The van der Waals surface area contributed by atoms with Gasteiger partial charge in [-0.05, 0) is 29.9 Å². The predicted octanol–water partition coefficient (Wildman–Crippen LogP) is 2.54. The van der Waals surface area contributed by atoms with Gasteiger partial charge in [-0.15, -0.1) is 0 Å². The first kappa shape index (κ1) is 11.5. The summed E-state index contributed by atoms with van der Waals surface area (Å²) in [6, 6.07) is 6.74. The van der Waals surface area contributed by atoms with Crippen LogP contribution in [0.3, 0.4) is 0 Å². The molecule has 0 radical (unpaired) electrons. The van der Waals surface area contributed by atoms with Crippen molar-refractivity contribution in [2.75, 3.05) is 6.61 Å². The van der Waals surface area contributed by atoms with Crippen LogP contribution in [0.1, 0.15) is 31.4 Å². The van der Waals surface area contributed by atoms with Gasteiger partial charge in [0.1, 0.15) is 5.75 Å². The minimum absolute atomic E-state index is 0.289. The average Bonchev–Trinajstić information content (AvgIpc) is 2.73. The van der Waals surface area contributed by atoms with Crippen LogP contribution in [0.15, 0.2) is 18.2 Å². The van der Waals surface area contributed by atoms with Crippen molar-refractivity contribution in [3.05, 3.63) is 29.3 Å². The van der Waals surface area contributed by atoms with Crippen molar-refractivity contribution in [1.29, 1.82) is 0 Å². The van der Waals surface area contributed by atoms with E-state index < -0.39 is 0 Å². The van der Waals surface area contributed by atoms with E-state index in [9.17, 15) is 0 Å². The number of para-hydroxylation sites is 1. The summed E-state index contributed by atoms with van der Waals surface area (Å²) in [5.41, 5.74) is 8.75. The molecular weight excluding hydrogens is 198 g/mol. The molecular formula is C14H21NO. The number of fused-ring (bicyclic) bond motifs is 1. The lowest BCUT2D eigenvalue weighted by Crippen LogP contribution is -2.26. The van der Waals surface area contributed by atoms with Crippen LogP contribution in [0, 0.1) is 5.92 Å². The topological polar surface area (TPSA) is 35.2 Å². The molecule has 0 aromatic heterocycles. The van der Waals surface area contributed by atoms with Gasteiger partial charge < -0.3 is 10.5 Å². The van der Waals surface area contributed by atoms with Crippen molar-refractivity contribution < 1.29 is 4.74 Å². The number of hydrogen-bond acceptors (Lipinski definition) is 2. The molecule has 0 aliphatic carbocycles. The van der Waals surface area contributed by atoms with E-state index in [2.05, 4.69) is 32.0 Å². The Balaban J connectivity index is 2.03. The van der Waals surface area contributed by atoms with Crippen LogP contribution in [-0.2, 0) is 12.8 Å². The van der Waals surface area contributed by atoms with Gasteiger partial charge in [0.2, 0.25) is 0 Å². The normalized spacial score (nSPS) is 16.0. The minimum atomic E-state index is 0.289. The maximum absolute atomic E-state index is 6.07. The Hall–Kier alpha value is -1.02. The highest BCUT2D eigenvalue weighted by Gasteiger charge is 2.16. The van der Waals surface area contributed by atoms with Crippen molar-refractivity contribution >= 4 is 0 Å². The Morgan fingerprint density at radius 1 is 1.38 bits per heavy atom. The van der Waals surface area contributed by atoms with Crippen molar-refractivity contribution in [3.8, 4) is 5.75 Å². The summed E-state index contributed by atoms with van der Waals surface area (Å²) in [5.74, 6) is 1.68. The first-order valence-electron chi connectivity index (χ1n) is 6.17. The van der Waals surface area contributed by atoms with Crippen molar-refractivity contribution in [2.45, 2.75) is 39.2 Å². The van der Waals surface area contributed by atoms with Gasteiger partial charge in [-0.2, -0.15) is 0 Å². The number of rotatable bonds is 4. The van der Waals surface area contributed by atoms with E-state index in [-0.39, 0.29) is 6.04 Å². The molecule has 0 fully saturated rings. The molecule has 0 saturated carbocycles. The number of ether oxygens (including phenoxy) is 1. The Labute approximate surface area is 97.8 Å². The monoisotopic (exact) mass is 219 g/mol. The Morgan fingerprint density at radius 3 is 2.94 bits per heavy atom. The Bertz CT molecular complexity index is 360. The standard InChI is InChI=1S/C14H21NO/c1-10(2)13(15)7-6-11-4-3-5-12-8-9-16-14(11)12/h3-5,10,13H,6-9,15H2,1-2H3. The molecule has 0 saturated heterocycles. The molecule has 1 aromatic rings. The summed E-state index contributed by atoms with van der Waals surface area (Å²) >= 11 is 0. The smallest absolute Gasteiger partial charge is 0.125 e. The molecule has 0 bridgehead atoms. The van der Waals surface area contributed by atoms with E-state index in [0.29, 0.717) is 5.92 Å². The molecule has 0 spiro atoms. The van der Waals surface area contributed by atoms with Gasteiger partial charge in [0.05, 0.1) is 6.61 Å². The Morgan fingerprint density at radius 2 is 2.19 bits per heavy atom.